The molecular formula is C21H20ClN5OS. The maximum atomic E-state index is 12.6. The average molecular weight is 426 g/mol. The van der Waals surface area contributed by atoms with Gasteiger partial charge >= 0.3 is 0 Å². The number of hydrazone groups is 1. The molecular weight excluding hydrogens is 406 g/mol. The van der Waals surface area contributed by atoms with Gasteiger partial charge in [0.1, 0.15) is 5.04 Å². The largest absolute Gasteiger partial charge is 0.318 e. The van der Waals surface area contributed by atoms with Crippen molar-refractivity contribution >= 4 is 51.4 Å². The number of amidine groups is 2. The second-order valence-corrected chi connectivity index (χ2v) is 8.44. The molecule has 0 saturated carbocycles. The highest BCUT2D eigenvalue weighted by molar-refractivity contribution is 8.26. The molecule has 0 atom stereocenters. The molecule has 0 unspecified atom stereocenters. The zero-order valence-corrected chi connectivity index (χ0v) is 18.1. The third kappa shape index (κ3) is 3.34. The van der Waals surface area contributed by atoms with Gasteiger partial charge in [0.2, 0.25) is 5.17 Å². The number of benzene rings is 1. The second kappa shape index (κ2) is 7.31. The number of thioether (sulfide) groups is 1. The van der Waals surface area contributed by atoms with Crippen LogP contribution in [-0.4, -0.2) is 31.5 Å². The zero-order chi connectivity index (χ0) is 20.9. The quantitative estimate of drug-likeness (QED) is 0.696. The summed E-state index contributed by atoms with van der Waals surface area (Å²) in [6, 6.07) is 7.79. The molecule has 0 saturated heterocycles. The van der Waals surface area contributed by atoms with E-state index in [1.807, 2.05) is 52.0 Å². The van der Waals surface area contributed by atoms with E-state index in [1.54, 1.807) is 6.08 Å². The van der Waals surface area contributed by atoms with Crippen molar-refractivity contribution < 1.29 is 4.79 Å². The molecule has 3 heterocycles. The minimum atomic E-state index is -0.412. The Morgan fingerprint density at radius 3 is 2.72 bits per heavy atom. The van der Waals surface area contributed by atoms with Crippen LogP contribution in [0.3, 0.4) is 0 Å². The van der Waals surface area contributed by atoms with Crippen LogP contribution in [0.2, 0.25) is 5.02 Å². The number of aryl methyl sites for hydroxylation is 2. The molecule has 0 aliphatic carbocycles. The van der Waals surface area contributed by atoms with Crippen molar-refractivity contribution in [3.63, 3.8) is 0 Å². The van der Waals surface area contributed by atoms with Gasteiger partial charge in [-0.25, -0.2) is 0 Å². The monoisotopic (exact) mass is 425 g/mol. The molecule has 2 aliphatic heterocycles. The molecule has 0 fully saturated rings. The zero-order valence-electron chi connectivity index (χ0n) is 16.6. The van der Waals surface area contributed by atoms with Crippen LogP contribution in [0.4, 0.5) is 0 Å². The van der Waals surface area contributed by atoms with Crippen molar-refractivity contribution in [3.8, 4) is 5.69 Å². The Balaban J connectivity index is 1.78. The van der Waals surface area contributed by atoms with Crippen molar-refractivity contribution in [3.05, 3.63) is 57.4 Å². The fraction of sp³-hybridized carbons (Fsp3) is 0.238. The van der Waals surface area contributed by atoms with E-state index < -0.39 is 5.91 Å². The number of carbonyl (C=O) groups excluding carboxylic acids is 1. The Hall–Kier alpha value is -2.64. The van der Waals surface area contributed by atoms with E-state index in [1.165, 1.54) is 16.8 Å². The first kappa shape index (κ1) is 19.7. The van der Waals surface area contributed by atoms with Gasteiger partial charge in [-0.1, -0.05) is 24.6 Å². The van der Waals surface area contributed by atoms with Crippen LogP contribution in [0, 0.1) is 26.2 Å². The van der Waals surface area contributed by atoms with Crippen molar-refractivity contribution in [2.75, 3.05) is 0 Å². The number of rotatable bonds is 3. The van der Waals surface area contributed by atoms with E-state index in [0.29, 0.717) is 10.2 Å². The minimum absolute atomic E-state index is 0.0553. The Morgan fingerprint density at radius 1 is 1.24 bits per heavy atom. The van der Waals surface area contributed by atoms with Gasteiger partial charge in [0.25, 0.3) is 5.91 Å². The van der Waals surface area contributed by atoms with Gasteiger partial charge < -0.3 is 4.57 Å². The van der Waals surface area contributed by atoms with E-state index in [0.717, 1.165) is 39.7 Å². The van der Waals surface area contributed by atoms with Crippen molar-refractivity contribution in [1.82, 2.24) is 9.58 Å². The van der Waals surface area contributed by atoms with Crippen LogP contribution in [0.5, 0.6) is 0 Å². The Labute approximate surface area is 178 Å². The van der Waals surface area contributed by atoms with Crippen LogP contribution in [0.25, 0.3) is 11.8 Å². The predicted molar refractivity (Wildman–Crippen MR) is 120 cm³/mol. The van der Waals surface area contributed by atoms with E-state index >= 15 is 0 Å². The van der Waals surface area contributed by atoms with Crippen LogP contribution in [0.15, 0.2) is 39.9 Å². The summed E-state index contributed by atoms with van der Waals surface area (Å²) in [7, 11) is 0. The maximum Gasteiger partial charge on any atom is 0.283 e. The molecule has 1 aromatic carbocycles. The predicted octanol–water partition coefficient (Wildman–Crippen LogP) is 5.09. The lowest BCUT2D eigenvalue weighted by Crippen LogP contribution is -2.35. The number of fused-ring (bicyclic) bond motifs is 1. The fourth-order valence-electron chi connectivity index (χ4n) is 3.46. The number of carbonyl (C=O) groups is 1. The number of hydrogen-bond donors (Lipinski definition) is 1. The first-order valence-electron chi connectivity index (χ1n) is 9.24. The average Bonchev–Trinajstić information content (AvgIpc) is 3.21. The smallest absolute Gasteiger partial charge is 0.283 e. The second-order valence-electron chi connectivity index (χ2n) is 6.96. The molecule has 1 aromatic heterocycles. The van der Waals surface area contributed by atoms with Crippen molar-refractivity contribution in [2.24, 2.45) is 10.1 Å². The van der Waals surface area contributed by atoms with Crippen molar-refractivity contribution in [1.29, 1.82) is 5.41 Å². The highest BCUT2D eigenvalue weighted by Gasteiger charge is 2.35. The van der Waals surface area contributed by atoms with Crippen LogP contribution in [-0.2, 0) is 4.79 Å². The normalized spacial score (nSPS) is 17.7. The number of halogens is 1. The molecule has 0 spiro atoms. The number of hydrogen-bond acceptors (Lipinski definition) is 4. The minimum Gasteiger partial charge on any atom is -0.318 e. The highest BCUT2D eigenvalue weighted by Crippen LogP contribution is 2.31. The highest BCUT2D eigenvalue weighted by atomic mass is 35.5. The summed E-state index contributed by atoms with van der Waals surface area (Å²) >= 11 is 7.56. The molecule has 1 N–H and O–H groups in total. The first-order valence-corrected chi connectivity index (χ1v) is 10.4. The van der Waals surface area contributed by atoms with Gasteiger partial charge in [-0.15, -0.1) is 0 Å². The Morgan fingerprint density at radius 2 is 2.00 bits per heavy atom. The van der Waals surface area contributed by atoms with Crippen LogP contribution in [0.1, 0.15) is 35.9 Å². The number of aliphatic imine (C=N–C) groups is 1. The summed E-state index contributed by atoms with van der Waals surface area (Å²) in [5, 5.41) is 16.3. The van der Waals surface area contributed by atoms with Gasteiger partial charge in [0.05, 0.1) is 5.57 Å². The van der Waals surface area contributed by atoms with Gasteiger partial charge in [0, 0.05) is 22.1 Å². The molecule has 8 heteroatoms. The topological polar surface area (TPSA) is 73.8 Å². The molecule has 29 heavy (non-hydrogen) atoms. The maximum absolute atomic E-state index is 12.6. The molecule has 2 aromatic rings. The van der Waals surface area contributed by atoms with E-state index in [2.05, 4.69) is 14.7 Å². The van der Waals surface area contributed by atoms with E-state index in [4.69, 9.17) is 17.0 Å². The number of nitrogens with zero attached hydrogens (tertiary/aromatic N) is 4. The number of amides is 1. The van der Waals surface area contributed by atoms with Crippen LogP contribution >= 0.6 is 23.4 Å². The first-order chi connectivity index (χ1) is 13.8. The van der Waals surface area contributed by atoms with E-state index in [9.17, 15) is 4.79 Å². The number of aromatic nitrogens is 1. The summed E-state index contributed by atoms with van der Waals surface area (Å²) in [6.45, 7) is 8.02. The van der Waals surface area contributed by atoms with Gasteiger partial charge in [-0.05, 0) is 74.4 Å². The summed E-state index contributed by atoms with van der Waals surface area (Å²) < 4.78 is 2.11. The van der Waals surface area contributed by atoms with Crippen LogP contribution < -0.4 is 0 Å². The molecule has 2 aliphatic rings. The number of nitrogens with one attached hydrogen (secondary N) is 1. The summed E-state index contributed by atoms with van der Waals surface area (Å²) in [6.07, 6.45) is 2.47. The summed E-state index contributed by atoms with van der Waals surface area (Å²) in [5.41, 5.74) is 5.17. The molecule has 6 nitrogen and oxygen atoms in total. The fourth-order valence-corrected chi connectivity index (χ4v) is 4.45. The molecule has 0 radical (unpaired) electrons. The van der Waals surface area contributed by atoms with Crippen molar-refractivity contribution in [2.45, 2.75) is 34.1 Å². The van der Waals surface area contributed by atoms with Gasteiger partial charge in [0.15, 0.2) is 5.84 Å². The molecule has 1 amide bonds. The van der Waals surface area contributed by atoms with Gasteiger partial charge in [-0.2, -0.15) is 15.1 Å². The van der Waals surface area contributed by atoms with E-state index in [-0.39, 0.29) is 11.4 Å². The molecule has 148 valence electrons. The van der Waals surface area contributed by atoms with Gasteiger partial charge in [-0.3, -0.25) is 10.2 Å². The third-order valence-electron chi connectivity index (χ3n) is 4.98. The molecule has 4 rings (SSSR count). The SMILES string of the molecule is CCC1=NN2C(=N)C(=Cc3cc(C)n(-c4cc(Cl)ccc4C)c3C)C(=O)N=C2S1. The third-order valence-corrected chi connectivity index (χ3v) is 6.27. The Bertz CT molecular complexity index is 1160. The molecule has 0 bridgehead atoms. The lowest BCUT2D eigenvalue weighted by atomic mass is 10.1. The standard InChI is InChI=1S/C21H20ClN5OS/c1-5-18-25-27-19(23)16(20(28)24-21(27)29-18)9-14-8-12(3)26(13(14)4)17-10-15(22)7-6-11(17)2/h6-10,23H,5H2,1-4H3. The Kier molecular flexibility index (Phi) is 4.96. The lowest BCUT2D eigenvalue weighted by molar-refractivity contribution is -0.114. The lowest BCUT2D eigenvalue weighted by Gasteiger charge is -2.20. The summed E-state index contributed by atoms with van der Waals surface area (Å²) in [4.78, 5) is 16.7. The summed E-state index contributed by atoms with van der Waals surface area (Å²) in [5.74, 6) is -0.357.